The summed E-state index contributed by atoms with van der Waals surface area (Å²) in [5.41, 5.74) is 1.13. The van der Waals surface area contributed by atoms with Gasteiger partial charge in [0.1, 0.15) is 5.75 Å². The van der Waals surface area contributed by atoms with Gasteiger partial charge >= 0.3 is 0 Å². The fraction of sp³-hybridized carbons (Fsp3) is 0.294. The van der Waals surface area contributed by atoms with E-state index in [1.165, 1.54) is 0 Å². The van der Waals surface area contributed by atoms with Gasteiger partial charge in [-0.2, -0.15) is 0 Å². The molecule has 1 unspecified atom stereocenters. The molecule has 112 valence electrons. The topological polar surface area (TPSA) is 21.3 Å². The summed E-state index contributed by atoms with van der Waals surface area (Å²) in [6, 6.07) is 15.8. The first-order valence-corrected chi connectivity index (χ1v) is 7.82. The van der Waals surface area contributed by atoms with Crippen LogP contribution in [0, 0.1) is 0 Å². The standard InChI is InChI=1S/C17H19Cl2NO/c1-2-20-17(13-8-9-15(18)16(19)12-13)10-11-21-14-6-4-3-5-7-14/h3-9,12,17,20H,2,10-11H2,1H3. The molecule has 2 aromatic rings. The first kappa shape index (κ1) is 16.2. The number of para-hydroxylation sites is 1. The molecule has 21 heavy (non-hydrogen) atoms. The quantitative estimate of drug-likeness (QED) is 0.764. The molecule has 2 nitrogen and oxygen atoms in total. The van der Waals surface area contributed by atoms with Gasteiger partial charge in [-0.05, 0) is 36.4 Å². The van der Waals surface area contributed by atoms with Crippen molar-refractivity contribution in [2.45, 2.75) is 19.4 Å². The van der Waals surface area contributed by atoms with Crippen molar-refractivity contribution in [3.63, 3.8) is 0 Å². The summed E-state index contributed by atoms with van der Waals surface area (Å²) in [6.45, 7) is 3.61. The Morgan fingerprint density at radius 3 is 2.48 bits per heavy atom. The third-order valence-electron chi connectivity index (χ3n) is 3.22. The van der Waals surface area contributed by atoms with Gasteiger partial charge in [-0.1, -0.05) is 54.4 Å². The second-order valence-electron chi connectivity index (χ2n) is 4.73. The van der Waals surface area contributed by atoms with E-state index in [0.29, 0.717) is 16.7 Å². The smallest absolute Gasteiger partial charge is 0.119 e. The maximum Gasteiger partial charge on any atom is 0.119 e. The lowest BCUT2D eigenvalue weighted by Crippen LogP contribution is -2.23. The third kappa shape index (κ3) is 4.92. The molecule has 2 rings (SSSR count). The van der Waals surface area contributed by atoms with Crippen molar-refractivity contribution in [2.24, 2.45) is 0 Å². The van der Waals surface area contributed by atoms with E-state index in [1.54, 1.807) is 0 Å². The highest BCUT2D eigenvalue weighted by Gasteiger charge is 2.12. The van der Waals surface area contributed by atoms with Gasteiger partial charge in [0.25, 0.3) is 0 Å². The fourth-order valence-electron chi connectivity index (χ4n) is 2.17. The summed E-state index contributed by atoms with van der Waals surface area (Å²) in [7, 11) is 0. The first-order chi connectivity index (χ1) is 10.2. The van der Waals surface area contributed by atoms with E-state index in [-0.39, 0.29) is 6.04 Å². The molecule has 0 saturated carbocycles. The summed E-state index contributed by atoms with van der Waals surface area (Å²) in [4.78, 5) is 0. The van der Waals surface area contributed by atoms with Gasteiger partial charge in [-0.3, -0.25) is 0 Å². The first-order valence-electron chi connectivity index (χ1n) is 7.07. The zero-order chi connectivity index (χ0) is 15.1. The van der Waals surface area contributed by atoms with Crippen molar-refractivity contribution in [3.05, 3.63) is 64.1 Å². The molecule has 0 aliphatic carbocycles. The highest BCUT2D eigenvalue weighted by molar-refractivity contribution is 6.42. The van der Waals surface area contributed by atoms with Crippen LogP contribution in [0.25, 0.3) is 0 Å². The van der Waals surface area contributed by atoms with Gasteiger partial charge < -0.3 is 10.1 Å². The molecule has 0 radical (unpaired) electrons. The Labute approximate surface area is 136 Å². The molecule has 0 fully saturated rings. The number of halogens is 2. The van der Waals surface area contributed by atoms with Crippen LogP contribution < -0.4 is 10.1 Å². The van der Waals surface area contributed by atoms with Crippen LogP contribution >= 0.6 is 23.2 Å². The van der Waals surface area contributed by atoms with Gasteiger partial charge in [0.2, 0.25) is 0 Å². The second kappa shape index (κ2) is 8.28. The van der Waals surface area contributed by atoms with Crippen molar-refractivity contribution < 1.29 is 4.74 Å². The predicted molar refractivity (Wildman–Crippen MR) is 89.4 cm³/mol. The number of benzene rings is 2. The molecular formula is C17H19Cl2NO. The van der Waals surface area contributed by atoms with E-state index >= 15 is 0 Å². The number of rotatable bonds is 7. The highest BCUT2D eigenvalue weighted by atomic mass is 35.5. The Balaban J connectivity index is 1.97. The molecule has 0 aliphatic heterocycles. The predicted octanol–water partition coefficient (Wildman–Crippen LogP) is 5.11. The van der Waals surface area contributed by atoms with Crippen LogP contribution in [-0.2, 0) is 0 Å². The Morgan fingerprint density at radius 1 is 1.05 bits per heavy atom. The number of ether oxygens (including phenoxy) is 1. The average molecular weight is 324 g/mol. The van der Waals surface area contributed by atoms with Crippen LogP contribution in [0.15, 0.2) is 48.5 Å². The van der Waals surface area contributed by atoms with Gasteiger partial charge in [0.05, 0.1) is 16.7 Å². The number of hydrogen-bond acceptors (Lipinski definition) is 2. The Hall–Kier alpha value is -1.22. The molecule has 0 saturated heterocycles. The molecule has 0 aromatic heterocycles. The molecule has 1 atom stereocenters. The fourth-order valence-corrected chi connectivity index (χ4v) is 2.48. The van der Waals surface area contributed by atoms with Crippen LogP contribution in [0.5, 0.6) is 5.75 Å². The van der Waals surface area contributed by atoms with Gasteiger partial charge in [0, 0.05) is 12.5 Å². The summed E-state index contributed by atoms with van der Waals surface area (Å²) in [5, 5.41) is 4.61. The minimum atomic E-state index is 0.202. The SMILES string of the molecule is CCNC(CCOc1ccccc1)c1ccc(Cl)c(Cl)c1. The summed E-state index contributed by atoms with van der Waals surface area (Å²) >= 11 is 12.1. The molecule has 0 heterocycles. The molecule has 0 bridgehead atoms. The summed E-state index contributed by atoms with van der Waals surface area (Å²) < 4.78 is 5.76. The monoisotopic (exact) mass is 323 g/mol. The van der Waals surface area contributed by atoms with Crippen LogP contribution in [0.1, 0.15) is 24.9 Å². The van der Waals surface area contributed by atoms with Gasteiger partial charge in [0.15, 0.2) is 0 Å². The minimum absolute atomic E-state index is 0.202. The Kier molecular flexibility index (Phi) is 6.37. The van der Waals surface area contributed by atoms with Crippen molar-refractivity contribution >= 4 is 23.2 Å². The number of hydrogen-bond donors (Lipinski definition) is 1. The maximum absolute atomic E-state index is 6.10. The van der Waals surface area contributed by atoms with Crippen molar-refractivity contribution in [1.82, 2.24) is 5.32 Å². The van der Waals surface area contributed by atoms with Crippen LogP contribution in [0.4, 0.5) is 0 Å². The molecule has 0 amide bonds. The zero-order valence-corrected chi connectivity index (χ0v) is 13.5. The molecular weight excluding hydrogens is 305 g/mol. The second-order valence-corrected chi connectivity index (χ2v) is 5.55. The normalized spacial score (nSPS) is 12.1. The van der Waals surface area contributed by atoms with Crippen molar-refractivity contribution in [3.8, 4) is 5.75 Å². The van der Waals surface area contributed by atoms with Crippen LogP contribution in [0.3, 0.4) is 0 Å². The van der Waals surface area contributed by atoms with E-state index in [2.05, 4.69) is 12.2 Å². The van der Waals surface area contributed by atoms with Crippen molar-refractivity contribution in [2.75, 3.05) is 13.2 Å². The maximum atomic E-state index is 6.10. The lowest BCUT2D eigenvalue weighted by molar-refractivity contribution is 0.287. The lowest BCUT2D eigenvalue weighted by Gasteiger charge is -2.19. The molecule has 2 aromatic carbocycles. The Morgan fingerprint density at radius 2 is 1.81 bits per heavy atom. The van der Waals surface area contributed by atoms with Gasteiger partial charge in [-0.25, -0.2) is 0 Å². The van der Waals surface area contributed by atoms with Gasteiger partial charge in [-0.15, -0.1) is 0 Å². The molecule has 0 aliphatic rings. The molecule has 0 spiro atoms. The van der Waals surface area contributed by atoms with E-state index < -0.39 is 0 Å². The largest absolute Gasteiger partial charge is 0.494 e. The van der Waals surface area contributed by atoms with E-state index in [1.807, 2.05) is 48.5 Å². The highest BCUT2D eigenvalue weighted by Crippen LogP contribution is 2.27. The van der Waals surface area contributed by atoms with E-state index in [4.69, 9.17) is 27.9 Å². The zero-order valence-electron chi connectivity index (χ0n) is 12.0. The number of nitrogens with one attached hydrogen (secondary N) is 1. The average Bonchev–Trinajstić information content (AvgIpc) is 2.50. The van der Waals surface area contributed by atoms with Crippen LogP contribution in [-0.4, -0.2) is 13.2 Å². The van der Waals surface area contributed by atoms with Crippen LogP contribution in [0.2, 0.25) is 10.0 Å². The minimum Gasteiger partial charge on any atom is -0.494 e. The van der Waals surface area contributed by atoms with Crippen molar-refractivity contribution in [1.29, 1.82) is 0 Å². The Bertz CT molecular complexity index is 560. The summed E-state index contributed by atoms with van der Waals surface area (Å²) in [6.07, 6.45) is 0.862. The third-order valence-corrected chi connectivity index (χ3v) is 3.95. The van der Waals surface area contributed by atoms with E-state index in [9.17, 15) is 0 Å². The van der Waals surface area contributed by atoms with E-state index in [0.717, 1.165) is 24.3 Å². The lowest BCUT2D eigenvalue weighted by atomic mass is 10.0. The molecule has 1 N–H and O–H groups in total. The molecule has 4 heteroatoms. The summed E-state index contributed by atoms with van der Waals surface area (Å²) in [5.74, 6) is 0.891.